The Labute approximate surface area is 148 Å². The Hall–Kier alpha value is -2.18. The Morgan fingerprint density at radius 1 is 1.08 bits per heavy atom. The molecule has 1 amide bonds. The van der Waals surface area contributed by atoms with Crippen molar-refractivity contribution in [1.29, 1.82) is 0 Å². The maximum atomic E-state index is 12.9. The van der Waals surface area contributed by atoms with E-state index in [0.29, 0.717) is 12.2 Å². The van der Waals surface area contributed by atoms with E-state index in [1.807, 2.05) is 24.3 Å². The first-order chi connectivity index (χ1) is 11.8. The molecule has 132 valence electrons. The van der Waals surface area contributed by atoms with Crippen LogP contribution in [0, 0.1) is 0 Å². The van der Waals surface area contributed by atoms with Crippen molar-refractivity contribution in [3.05, 3.63) is 59.2 Å². The van der Waals surface area contributed by atoms with E-state index in [1.165, 1.54) is 9.87 Å². The van der Waals surface area contributed by atoms with Crippen LogP contribution in [-0.4, -0.2) is 25.7 Å². The predicted octanol–water partition coefficient (Wildman–Crippen LogP) is 3.13. The maximum absolute atomic E-state index is 12.9. The highest BCUT2D eigenvalue weighted by molar-refractivity contribution is 7.89. The van der Waals surface area contributed by atoms with Gasteiger partial charge in [0.15, 0.2) is 0 Å². The third kappa shape index (κ3) is 3.32. The highest BCUT2D eigenvalue weighted by atomic mass is 32.2. The molecule has 25 heavy (non-hydrogen) atoms. The Bertz CT molecular complexity index is 905. The van der Waals surface area contributed by atoms with Gasteiger partial charge in [-0.25, -0.2) is 8.42 Å². The highest BCUT2D eigenvalue weighted by Gasteiger charge is 2.29. The number of amides is 1. The molecule has 0 fully saturated rings. The molecule has 6 heteroatoms. The Morgan fingerprint density at radius 3 is 2.36 bits per heavy atom. The van der Waals surface area contributed by atoms with Gasteiger partial charge in [0, 0.05) is 19.3 Å². The van der Waals surface area contributed by atoms with Crippen molar-refractivity contribution in [3.63, 3.8) is 0 Å². The van der Waals surface area contributed by atoms with Gasteiger partial charge in [0.2, 0.25) is 15.9 Å². The number of nitrogens with zero attached hydrogens (tertiary/aromatic N) is 1. The van der Waals surface area contributed by atoms with Gasteiger partial charge in [-0.1, -0.05) is 31.2 Å². The van der Waals surface area contributed by atoms with Crippen LogP contribution in [0.3, 0.4) is 0 Å². The van der Waals surface area contributed by atoms with Crippen molar-refractivity contribution >= 4 is 21.6 Å². The number of hydrogen-bond donors (Lipinski definition) is 1. The lowest BCUT2D eigenvalue weighted by atomic mass is 10.0. The number of fused-ring (bicyclic) bond motifs is 1. The fourth-order valence-corrected chi connectivity index (χ4v) is 4.15. The second-order valence-electron chi connectivity index (χ2n) is 6.39. The molecule has 0 saturated carbocycles. The van der Waals surface area contributed by atoms with Gasteiger partial charge in [0.1, 0.15) is 0 Å². The lowest BCUT2D eigenvalue weighted by Gasteiger charge is -2.18. The van der Waals surface area contributed by atoms with E-state index in [9.17, 15) is 13.2 Å². The SMILES string of the molecule is CCc1ccc(CN(C)S(=O)(=O)c2ccc3c(c2)[C@H](C)C(=O)N3)cc1. The normalized spacial score (nSPS) is 16.8. The van der Waals surface area contributed by atoms with Crippen molar-refractivity contribution < 1.29 is 13.2 Å². The first kappa shape index (κ1) is 17.6. The number of sulfonamides is 1. The van der Waals surface area contributed by atoms with Gasteiger partial charge in [-0.3, -0.25) is 4.79 Å². The average molecular weight is 358 g/mol. The van der Waals surface area contributed by atoms with Crippen LogP contribution >= 0.6 is 0 Å². The summed E-state index contributed by atoms with van der Waals surface area (Å²) in [6.45, 7) is 4.16. The average Bonchev–Trinajstić information content (AvgIpc) is 2.89. The summed E-state index contributed by atoms with van der Waals surface area (Å²) >= 11 is 0. The molecule has 0 radical (unpaired) electrons. The molecule has 1 N–H and O–H groups in total. The minimum atomic E-state index is -3.62. The van der Waals surface area contributed by atoms with Crippen LogP contribution in [0.25, 0.3) is 0 Å². The summed E-state index contributed by atoms with van der Waals surface area (Å²) in [5.41, 5.74) is 3.58. The van der Waals surface area contributed by atoms with E-state index in [2.05, 4.69) is 12.2 Å². The molecule has 1 aliphatic heterocycles. The second kappa shape index (κ2) is 6.61. The van der Waals surface area contributed by atoms with E-state index in [1.54, 1.807) is 32.2 Å². The van der Waals surface area contributed by atoms with Gasteiger partial charge in [-0.2, -0.15) is 4.31 Å². The summed E-state index contributed by atoms with van der Waals surface area (Å²) in [7, 11) is -2.05. The number of carbonyl (C=O) groups excluding carboxylic acids is 1. The molecule has 0 unspecified atom stereocenters. The second-order valence-corrected chi connectivity index (χ2v) is 8.44. The van der Waals surface area contributed by atoms with Gasteiger partial charge in [0.25, 0.3) is 0 Å². The number of benzene rings is 2. The molecule has 3 rings (SSSR count). The fourth-order valence-electron chi connectivity index (χ4n) is 2.96. The zero-order valence-electron chi connectivity index (χ0n) is 14.6. The number of nitrogens with one attached hydrogen (secondary N) is 1. The molecule has 5 nitrogen and oxygen atoms in total. The first-order valence-corrected chi connectivity index (χ1v) is 9.76. The van der Waals surface area contributed by atoms with E-state index in [0.717, 1.165) is 17.5 Å². The monoisotopic (exact) mass is 358 g/mol. The lowest BCUT2D eigenvalue weighted by molar-refractivity contribution is -0.116. The van der Waals surface area contributed by atoms with Gasteiger partial charge < -0.3 is 5.32 Å². The summed E-state index contributed by atoms with van der Waals surface area (Å²) in [6.07, 6.45) is 0.953. The van der Waals surface area contributed by atoms with Crippen LogP contribution in [-0.2, 0) is 27.8 Å². The third-order valence-electron chi connectivity index (χ3n) is 4.69. The summed E-state index contributed by atoms with van der Waals surface area (Å²) in [5.74, 6) is -0.439. The Balaban J connectivity index is 1.84. The smallest absolute Gasteiger partial charge is 0.243 e. The number of carbonyl (C=O) groups is 1. The van der Waals surface area contributed by atoms with Crippen molar-refractivity contribution in [1.82, 2.24) is 4.31 Å². The molecule has 0 aliphatic carbocycles. The Morgan fingerprint density at radius 2 is 1.72 bits per heavy atom. The fraction of sp³-hybridized carbons (Fsp3) is 0.316. The van der Waals surface area contributed by atoms with Crippen LogP contribution in [0.4, 0.5) is 5.69 Å². The van der Waals surface area contributed by atoms with Gasteiger partial charge >= 0.3 is 0 Å². The molecule has 0 spiro atoms. The van der Waals surface area contributed by atoms with Crippen LogP contribution in [0.2, 0.25) is 0 Å². The number of hydrogen-bond acceptors (Lipinski definition) is 3. The molecule has 1 heterocycles. The van der Waals surface area contributed by atoms with Crippen molar-refractivity contribution in [2.24, 2.45) is 0 Å². The minimum Gasteiger partial charge on any atom is -0.325 e. The van der Waals surface area contributed by atoms with Crippen LogP contribution < -0.4 is 5.32 Å². The summed E-state index contributed by atoms with van der Waals surface area (Å²) in [5, 5.41) is 2.76. The van der Waals surface area contributed by atoms with Crippen molar-refractivity contribution in [2.75, 3.05) is 12.4 Å². The van der Waals surface area contributed by atoms with Crippen molar-refractivity contribution in [2.45, 2.75) is 37.6 Å². The topological polar surface area (TPSA) is 66.5 Å². The molecule has 2 aromatic rings. The largest absolute Gasteiger partial charge is 0.325 e. The Kier molecular flexibility index (Phi) is 4.67. The number of anilines is 1. The predicted molar refractivity (Wildman–Crippen MR) is 98.0 cm³/mol. The zero-order valence-corrected chi connectivity index (χ0v) is 15.4. The van der Waals surface area contributed by atoms with E-state index >= 15 is 0 Å². The van der Waals surface area contributed by atoms with Crippen LogP contribution in [0.1, 0.15) is 36.5 Å². The first-order valence-electron chi connectivity index (χ1n) is 8.32. The molecule has 0 bridgehead atoms. The summed E-state index contributed by atoms with van der Waals surface area (Å²) < 4.78 is 27.1. The standard InChI is InChI=1S/C19H22N2O3S/c1-4-14-5-7-15(8-6-14)12-21(3)25(23,24)16-9-10-18-17(11-16)13(2)19(22)20-18/h5-11,13H,4,12H2,1-3H3,(H,20,22)/t13-/m0/s1. The molecule has 2 aromatic carbocycles. The van der Waals surface area contributed by atoms with Crippen LogP contribution in [0.15, 0.2) is 47.4 Å². The number of aryl methyl sites for hydroxylation is 1. The van der Waals surface area contributed by atoms with Gasteiger partial charge in [-0.15, -0.1) is 0 Å². The highest BCUT2D eigenvalue weighted by Crippen LogP contribution is 2.34. The van der Waals surface area contributed by atoms with E-state index in [4.69, 9.17) is 0 Å². The molecule has 0 aromatic heterocycles. The summed E-state index contributed by atoms with van der Waals surface area (Å²) in [6, 6.07) is 12.8. The third-order valence-corrected chi connectivity index (χ3v) is 6.48. The van der Waals surface area contributed by atoms with E-state index in [-0.39, 0.29) is 16.7 Å². The zero-order chi connectivity index (χ0) is 18.2. The molecule has 1 aliphatic rings. The summed E-state index contributed by atoms with van der Waals surface area (Å²) in [4.78, 5) is 12.0. The minimum absolute atomic E-state index is 0.103. The molecular weight excluding hydrogens is 336 g/mol. The van der Waals surface area contributed by atoms with Gasteiger partial charge in [-0.05, 0) is 48.2 Å². The molecular formula is C19H22N2O3S. The van der Waals surface area contributed by atoms with E-state index < -0.39 is 10.0 Å². The molecule has 1 atom stereocenters. The van der Waals surface area contributed by atoms with Gasteiger partial charge in [0.05, 0.1) is 10.8 Å². The quantitative estimate of drug-likeness (QED) is 0.893. The lowest BCUT2D eigenvalue weighted by Crippen LogP contribution is -2.26. The van der Waals surface area contributed by atoms with Crippen molar-refractivity contribution in [3.8, 4) is 0 Å². The van der Waals surface area contributed by atoms with Crippen LogP contribution in [0.5, 0.6) is 0 Å². The number of rotatable bonds is 5. The molecule has 0 saturated heterocycles. The maximum Gasteiger partial charge on any atom is 0.243 e.